The number of anilines is 1. The maximum Gasteiger partial charge on any atom is 0.0588 e. The van der Waals surface area contributed by atoms with Gasteiger partial charge >= 0.3 is 0 Å². The van der Waals surface area contributed by atoms with Crippen molar-refractivity contribution in [1.82, 2.24) is 0 Å². The predicted octanol–water partition coefficient (Wildman–Crippen LogP) is 0.930. The molecule has 0 saturated carbocycles. The lowest BCUT2D eigenvalue weighted by Gasteiger charge is -2.35. The number of benzene rings is 1. The summed E-state index contributed by atoms with van der Waals surface area (Å²) >= 11 is 0. The first-order valence-electron chi connectivity index (χ1n) is 5.40. The number of aliphatic hydroxyl groups is 1. The second-order valence-electron chi connectivity index (χ2n) is 4.22. The summed E-state index contributed by atoms with van der Waals surface area (Å²) in [5.41, 5.74) is 8.46. The van der Waals surface area contributed by atoms with E-state index in [2.05, 4.69) is 24.1 Å². The Morgan fingerprint density at radius 2 is 2.27 bits per heavy atom. The van der Waals surface area contributed by atoms with Gasteiger partial charge in [-0.2, -0.15) is 0 Å². The van der Waals surface area contributed by atoms with E-state index in [1.54, 1.807) is 0 Å². The van der Waals surface area contributed by atoms with Crippen LogP contribution in [0.1, 0.15) is 17.9 Å². The largest absolute Gasteiger partial charge is 0.395 e. The molecule has 82 valence electrons. The molecule has 0 fully saturated rings. The van der Waals surface area contributed by atoms with Crippen LogP contribution in [0.2, 0.25) is 0 Å². The zero-order chi connectivity index (χ0) is 10.8. The molecule has 1 heterocycles. The Balaban J connectivity index is 2.36. The van der Waals surface area contributed by atoms with E-state index < -0.39 is 0 Å². The summed E-state index contributed by atoms with van der Waals surface area (Å²) in [6, 6.07) is 8.17. The maximum absolute atomic E-state index is 9.14. The Bertz CT molecular complexity index is 340. The SMILES string of the molecule is CN1CCC(C(N)CO)c2ccccc21. The minimum absolute atomic E-state index is 0.0582. The van der Waals surface area contributed by atoms with Crippen LogP contribution in [0.15, 0.2) is 24.3 Å². The third-order valence-electron chi connectivity index (χ3n) is 3.25. The minimum atomic E-state index is -0.139. The van der Waals surface area contributed by atoms with Crippen molar-refractivity contribution in [3.63, 3.8) is 0 Å². The molecule has 2 unspecified atom stereocenters. The van der Waals surface area contributed by atoms with E-state index in [0.717, 1.165) is 13.0 Å². The molecule has 15 heavy (non-hydrogen) atoms. The summed E-state index contributed by atoms with van der Waals surface area (Å²) in [6.45, 7) is 1.07. The highest BCUT2D eigenvalue weighted by molar-refractivity contribution is 5.56. The fourth-order valence-corrected chi connectivity index (χ4v) is 2.33. The number of para-hydroxylation sites is 1. The average Bonchev–Trinajstić information content (AvgIpc) is 2.29. The average molecular weight is 206 g/mol. The second-order valence-corrected chi connectivity index (χ2v) is 4.22. The molecule has 2 atom stereocenters. The zero-order valence-electron chi connectivity index (χ0n) is 9.06. The van der Waals surface area contributed by atoms with Crippen LogP contribution in [0.4, 0.5) is 5.69 Å². The van der Waals surface area contributed by atoms with Gasteiger partial charge in [0.1, 0.15) is 0 Å². The molecule has 1 aromatic carbocycles. The minimum Gasteiger partial charge on any atom is -0.395 e. The number of nitrogens with two attached hydrogens (primary N) is 1. The lowest BCUT2D eigenvalue weighted by Crippen LogP contribution is -2.38. The van der Waals surface area contributed by atoms with Gasteiger partial charge in [0.15, 0.2) is 0 Å². The van der Waals surface area contributed by atoms with Crippen molar-refractivity contribution in [2.45, 2.75) is 18.4 Å². The molecule has 0 aliphatic carbocycles. The molecule has 1 aliphatic rings. The third-order valence-corrected chi connectivity index (χ3v) is 3.25. The predicted molar refractivity (Wildman–Crippen MR) is 62.1 cm³/mol. The van der Waals surface area contributed by atoms with Gasteiger partial charge in [0.05, 0.1) is 6.61 Å². The van der Waals surface area contributed by atoms with Crippen molar-refractivity contribution >= 4 is 5.69 Å². The fraction of sp³-hybridized carbons (Fsp3) is 0.500. The van der Waals surface area contributed by atoms with E-state index in [9.17, 15) is 0 Å². The first-order chi connectivity index (χ1) is 7.24. The van der Waals surface area contributed by atoms with Gasteiger partial charge in [0, 0.05) is 31.2 Å². The highest BCUT2D eigenvalue weighted by atomic mass is 16.3. The Labute approximate surface area is 90.5 Å². The van der Waals surface area contributed by atoms with Gasteiger partial charge in [0.25, 0.3) is 0 Å². The summed E-state index contributed by atoms with van der Waals surface area (Å²) in [5.74, 6) is 0.294. The van der Waals surface area contributed by atoms with Crippen molar-refractivity contribution in [3.8, 4) is 0 Å². The number of hydrogen-bond acceptors (Lipinski definition) is 3. The molecule has 2 rings (SSSR count). The maximum atomic E-state index is 9.14. The van der Waals surface area contributed by atoms with E-state index in [1.165, 1.54) is 11.3 Å². The van der Waals surface area contributed by atoms with Gasteiger partial charge in [-0.05, 0) is 18.1 Å². The van der Waals surface area contributed by atoms with E-state index in [-0.39, 0.29) is 12.6 Å². The van der Waals surface area contributed by atoms with Gasteiger partial charge in [-0.15, -0.1) is 0 Å². The molecule has 0 saturated heterocycles. The standard InChI is InChI=1S/C12H18N2O/c1-14-7-6-9(11(13)8-15)10-4-2-3-5-12(10)14/h2-5,9,11,15H,6-8,13H2,1H3. The van der Waals surface area contributed by atoms with Crippen molar-refractivity contribution < 1.29 is 5.11 Å². The lowest BCUT2D eigenvalue weighted by molar-refractivity contribution is 0.244. The Morgan fingerprint density at radius 3 is 3.00 bits per heavy atom. The quantitative estimate of drug-likeness (QED) is 0.757. The normalized spacial score (nSPS) is 22.3. The molecule has 1 aliphatic heterocycles. The molecule has 0 aromatic heterocycles. The Hall–Kier alpha value is -1.06. The lowest BCUT2D eigenvalue weighted by atomic mass is 9.85. The van der Waals surface area contributed by atoms with E-state index in [4.69, 9.17) is 10.8 Å². The topological polar surface area (TPSA) is 49.5 Å². The molecule has 1 aromatic rings. The second kappa shape index (κ2) is 4.21. The van der Waals surface area contributed by atoms with E-state index >= 15 is 0 Å². The molecule has 0 bridgehead atoms. The number of aliphatic hydroxyl groups excluding tert-OH is 1. The Morgan fingerprint density at radius 1 is 1.53 bits per heavy atom. The molecule has 0 radical (unpaired) electrons. The van der Waals surface area contributed by atoms with Crippen LogP contribution < -0.4 is 10.6 Å². The zero-order valence-corrected chi connectivity index (χ0v) is 9.06. The highest BCUT2D eigenvalue weighted by Crippen LogP contribution is 2.35. The van der Waals surface area contributed by atoms with Crippen molar-refractivity contribution in [2.75, 3.05) is 25.1 Å². The van der Waals surface area contributed by atoms with Gasteiger partial charge < -0.3 is 15.7 Å². The number of hydrogen-bond donors (Lipinski definition) is 2. The van der Waals surface area contributed by atoms with E-state index in [1.807, 2.05) is 12.1 Å². The Kier molecular flexibility index (Phi) is 2.93. The van der Waals surface area contributed by atoms with Crippen LogP contribution in [-0.2, 0) is 0 Å². The van der Waals surface area contributed by atoms with Gasteiger partial charge in [-0.25, -0.2) is 0 Å². The molecule has 3 nitrogen and oxygen atoms in total. The van der Waals surface area contributed by atoms with Crippen molar-refractivity contribution in [2.24, 2.45) is 5.73 Å². The first kappa shape index (κ1) is 10.5. The van der Waals surface area contributed by atoms with E-state index in [0.29, 0.717) is 5.92 Å². The summed E-state index contributed by atoms with van der Waals surface area (Å²) in [4.78, 5) is 2.25. The summed E-state index contributed by atoms with van der Waals surface area (Å²) in [6.07, 6.45) is 1.02. The van der Waals surface area contributed by atoms with Gasteiger partial charge in [-0.1, -0.05) is 18.2 Å². The van der Waals surface area contributed by atoms with Crippen LogP contribution in [-0.4, -0.2) is 31.3 Å². The van der Waals surface area contributed by atoms with Crippen molar-refractivity contribution in [1.29, 1.82) is 0 Å². The first-order valence-corrected chi connectivity index (χ1v) is 5.40. The number of nitrogens with zero attached hydrogens (tertiary/aromatic N) is 1. The fourth-order valence-electron chi connectivity index (χ4n) is 2.33. The number of rotatable bonds is 2. The van der Waals surface area contributed by atoms with Crippen LogP contribution in [0, 0.1) is 0 Å². The molecule has 3 heteroatoms. The molecule has 0 spiro atoms. The third kappa shape index (κ3) is 1.85. The van der Waals surface area contributed by atoms with Crippen molar-refractivity contribution in [3.05, 3.63) is 29.8 Å². The van der Waals surface area contributed by atoms with Gasteiger partial charge in [0.2, 0.25) is 0 Å². The summed E-state index contributed by atoms with van der Waals surface area (Å²) in [5, 5.41) is 9.14. The smallest absolute Gasteiger partial charge is 0.0588 e. The number of fused-ring (bicyclic) bond motifs is 1. The van der Waals surface area contributed by atoms with Crippen LogP contribution in [0.25, 0.3) is 0 Å². The monoisotopic (exact) mass is 206 g/mol. The highest BCUT2D eigenvalue weighted by Gasteiger charge is 2.26. The summed E-state index contributed by atoms with van der Waals surface area (Å²) < 4.78 is 0. The molecular formula is C12H18N2O. The molecule has 0 amide bonds. The van der Waals surface area contributed by atoms with Gasteiger partial charge in [-0.3, -0.25) is 0 Å². The molecular weight excluding hydrogens is 188 g/mol. The van der Waals surface area contributed by atoms with Crippen LogP contribution >= 0.6 is 0 Å². The molecule has 3 N–H and O–H groups in total. The van der Waals surface area contributed by atoms with Crippen LogP contribution in [0.3, 0.4) is 0 Å². The van der Waals surface area contributed by atoms with Crippen LogP contribution in [0.5, 0.6) is 0 Å². The summed E-state index contributed by atoms with van der Waals surface area (Å²) in [7, 11) is 2.10.